The number of ether oxygens (including phenoxy) is 2. The summed E-state index contributed by atoms with van der Waals surface area (Å²) in [6.07, 6.45) is 1.56. The van der Waals surface area contributed by atoms with E-state index in [0.717, 1.165) is 12.8 Å². The van der Waals surface area contributed by atoms with Crippen LogP contribution in [0.2, 0.25) is 0 Å². The van der Waals surface area contributed by atoms with Crippen LogP contribution in [0, 0.1) is 0 Å². The fraction of sp³-hybridized carbons (Fsp3) is 0.571. The number of nitrogens with one attached hydrogen (secondary N) is 1. The minimum Gasteiger partial charge on any atom is -0.492 e. The number of sulfonamides is 1. The Morgan fingerprint density at radius 1 is 1.48 bits per heavy atom. The molecular weight excluding hydrogens is 292 g/mol. The van der Waals surface area contributed by atoms with Gasteiger partial charge in [-0.15, -0.1) is 0 Å². The predicted molar refractivity (Wildman–Crippen MR) is 80.8 cm³/mol. The van der Waals surface area contributed by atoms with Gasteiger partial charge in [-0.25, -0.2) is 13.1 Å². The van der Waals surface area contributed by atoms with Gasteiger partial charge in [-0.2, -0.15) is 0 Å². The van der Waals surface area contributed by atoms with Crippen molar-refractivity contribution in [2.75, 3.05) is 25.6 Å². The third kappa shape index (κ3) is 3.87. The molecule has 1 aliphatic rings. The summed E-state index contributed by atoms with van der Waals surface area (Å²) < 4.78 is 38.8. The van der Waals surface area contributed by atoms with Crippen molar-refractivity contribution in [2.24, 2.45) is 0 Å². The van der Waals surface area contributed by atoms with Gasteiger partial charge >= 0.3 is 0 Å². The monoisotopic (exact) mass is 314 g/mol. The van der Waals surface area contributed by atoms with Gasteiger partial charge in [-0.3, -0.25) is 0 Å². The first-order valence-corrected chi connectivity index (χ1v) is 8.49. The molecule has 0 spiro atoms. The van der Waals surface area contributed by atoms with Crippen molar-refractivity contribution in [3.63, 3.8) is 0 Å². The Hall–Kier alpha value is -1.31. The number of nitrogens with two attached hydrogens (primary N) is 1. The Kier molecular flexibility index (Phi) is 4.75. The maximum absolute atomic E-state index is 12.7. The normalized spacial score (nSPS) is 23.0. The lowest BCUT2D eigenvalue weighted by Gasteiger charge is -2.34. The molecule has 0 amide bonds. The molecule has 1 aromatic carbocycles. The number of anilines is 1. The predicted octanol–water partition coefficient (Wildman–Crippen LogP) is 1.51. The van der Waals surface area contributed by atoms with Gasteiger partial charge in [0.25, 0.3) is 0 Å². The average Bonchev–Trinajstić information content (AvgIpc) is 2.40. The van der Waals surface area contributed by atoms with E-state index in [1.807, 2.05) is 6.92 Å². The summed E-state index contributed by atoms with van der Waals surface area (Å²) in [5.41, 5.74) is 5.49. The van der Waals surface area contributed by atoms with Crippen molar-refractivity contribution >= 4 is 15.7 Å². The summed E-state index contributed by atoms with van der Waals surface area (Å²) in [6.45, 7) is 5.05. The van der Waals surface area contributed by atoms with Crippen LogP contribution in [0.25, 0.3) is 0 Å². The molecule has 2 rings (SSSR count). The minimum absolute atomic E-state index is 0.0659. The van der Waals surface area contributed by atoms with E-state index in [4.69, 9.17) is 15.2 Å². The van der Waals surface area contributed by atoms with Crippen molar-refractivity contribution in [1.29, 1.82) is 0 Å². The van der Waals surface area contributed by atoms with Crippen LogP contribution in [-0.2, 0) is 14.8 Å². The molecule has 6 nitrogen and oxygen atoms in total. The minimum atomic E-state index is -3.73. The molecule has 1 heterocycles. The van der Waals surface area contributed by atoms with Crippen LogP contribution in [0.15, 0.2) is 23.1 Å². The smallest absolute Gasteiger partial charge is 0.244 e. The van der Waals surface area contributed by atoms with Crippen LogP contribution < -0.4 is 15.2 Å². The van der Waals surface area contributed by atoms with Gasteiger partial charge in [0.2, 0.25) is 10.0 Å². The summed E-state index contributed by atoms with van der Waals surface area (Å²) in [7, 11) is -3.73. The van der Waals surface area contributed by atoms with Crippen molar-refractivity contribution in [3.05, 3.63) is 18.2 Å². The highest BCUT2D eigenvalue weighted by Gasteiger charge is 2.34. The summed E-state index contributed by atoms with van der Waals surface area (Å²) in [4.78, 5) is 0.0659. The van der Waals surface area contributed by atoms with E-state index < -0.39 is 15.6 Å². The topological polar surface area (TPSA) is 90.7 Å². The Morgan fingerprint density at radius 2 is 2.24 bits per heavy atom. The second-order valence-corrected chi connectivity index (χ2v) is 7.11. The van der Waals surface area contributed by atoms with Crippen molar-refractivity contribution in [1.82, 2.24) is 4.72 Å². The van der Waals surface area contributed by atoms with Gasteiger partial charge in [0, 0.05) is 12.3 Å². The Bertz CT molecular complexity index is 595. The van der Waals surface area contributed by atoms with E-state index in [-0.39, 0.29) is 4.90 Å². The fourth-order valence-corrected chi connectivity index (χ4v) is 4.01. The highest BCUT2D eigenvalue weighted by molar-refractivity contribution is 7.89. The summed E-state index contributed by atoms with van der Waals surface area (Å²) in [5.74, 6) is 0.305. The Morgan fingerprint density at radius 3 is 2.86 bits per heavy atom. The van der Waals surface area contributed by atoms with Gasteiger partial charge in [-0.05, 0) is 44.9 Å². The van der Waals surface area contributed by atoms with Crippen LogP contribution in [0.3, 0.4) is 0 Å². The lowest BCUT2D eigenvalue weighted by atomic mass is 9.97. The van der Waals surface area contributed by atoms with Gasteiger partial charge in [0.05, 0.1) is 18.8 Å². The van der Waals surface area contributed by atoms with E-state index in [1.54, 1.807) is 19.1 Å². The molecule has 1 fully saturated rings. The highest BCUT2D eigenvalue weighted by Crippen LogP contribution is 2.29. The molecular formula is C14H22N2O4S. The van der Waals surface area contributed by atoms with Crippen molar-refractivity contribution < 1.29 is 17.9 Å². The maximum atomic E-state index is 12.7. The van der Waals surface area contributed by atoms with E-state index >= 15 is 0 Å². The van der Waals surface area contributed by atoms with Crippen molar-refractivity contribution in [2.45, 2.75) is 37.1 Å². The molecule has 1 atom stereocenters. The second kappa shape index (κ2) is 6.21. The lowest BCUT2D eigenvalue weighted by molar-refractivity contribution is 0.0386. The molecule has 1 aliphatic heterocycles. The average molecular weight is 314 g/mol. The molecule has 0 saturated carbocycles. The van der Waals surface area contributed by atoms with Gasteiger partial charge < -0.3 is 15.2 Å². The maximum Gasteiger partial charge on any atom is 0.244 e. The highest BCUT2D eigenvalue weighted by atomic mass is 32.2. The summed E-state index contributed by atoms with van der Waals surface area (Å²) in [5, 5.41) is 0. The first kappa shape index (κ1) is 16.1. The molecule has 0 bridgehead atoms. The van der Waals surface area contributed by atoms with E-state index in [2.05, 4.69) is 4.72 Å². The molecule has 7 heteroatoms. The zero-order valence-corrected chi connectivity index (χ0v) is 13.2. The zero-order valence-electron chi connectivity index (χ0n) is 12.4. The second-order valence-electron chi connectivity index (χ2n) is 5.46. The van der Waals surface area contributed by atoms with Gasteiger partial charge in [0.1, 0.15) is 10.6 Å². The Labute approximate surface area is 125 Å². The molecule has 118 valence electrons. The van der Waals surface area contributed by atoms with Gasteiger partial charge in [0.15, 0.2) is 0 Å². The molecule has 1 aromatic rings. The number of benzene rings is 1. The standard InChI is InChI=1S/C14H22N2O4S/c1-3-20-12-6-5-11(15)9-13(12)21(17,18)16-14(2)7-4-8-19-10-14/h5-6,9,16H,3-4,7-8,10,15H2,1-2H3. The third-order valence-corrected chi connectivity index (χ3v) is 5.04. The lowest BCUT2D eigenvalue weighted by Crippen LogP contribution is -2.51. The van der Waals surface area contributed by atoms with E-state index in [0.29, 0.717) is 31.3 Å². The van der Waals surface area contributed by atoms with E-state index in [9.17, 15) is 8.42 Å². The molecule has 0 radical (unpaired) electrons. The first-order chi connectivity index (χ1) is 9.86. The van der Waals surface area contributed by atoms with E-state index in [1.165, 1.54) is 6.07 Å². The molecule has 3 N–H and O–H groups in total. The Balaban J connectivity index is 2.32. The van der Waals surface area contributed by atoms with Crippen LogP contribution in [-0.4, -0.2) is 33.8 Å². The fourth-order valence-electron chi connectivity index (χ4n) is 2.40. The SMILES string of the molecule is CCOc1ccc(N)cc1S(=O)(=O)NC1(C)CCCOC1. The third-order valence-electron chi connectivity index (χ3n) is 3.38. The zero-order chi connectivity index (χ0) is 15.5. The largest absolute Gasteiger partial charge is 0.492 e. The number of hydrogen-bond donors (Lipinski definition) is 2. The van der Waals surface area contributed by atoms with Crippen LogP contribution in [0.1, 0.15) is 26.7 Å². The number of rotatable bonds is 5. The number of hydrogen-bond acceptors (Lipinski definition) is 5. The molecule has 0 aromatic heterocycles. The van der Waals surface area contributed by atoms with Crippen LogP contribution in [0.4, 0.5) is 5.69 Å². The summed E-state index contributed by atoms with van der Waals surface area (Å²) >= 11 is 0. The van der Waals surface area contributed by atoms with Crippen LogP contribution in [0.5, 0.6) is 5.75 Å². The number of nitrogen functional groups attached to an aromatic ring is 1. The van der Waals surface area contributed by atoms with Crippen molar-refractivity contribution in [3.8, 4) is 5.75 Å². The first-order valence-electron chi connectivity index (χ1n) is 7.00. The van der Waals surface area contributed by atoms with Crippen LogP contribution >= 0.6 is 0 Å². The molecule has 21 heavy (non-hydrogen) atoms. The quantitative estimate of drug-likeness (QED) is 0.804. The molecule has 1 saturated heterocycles. The summed E-state index contributed by atoms with van der Waals surface area (Å²) in [6, 6.07) is 4.61. The van der Waals surface area contributed by atoms with Gasteiger partial charge in [-0.1, -0.05) is 0 Å². The molecule has 1 unspecified atom stereocenters. The molecule has 0 aliphatic carbocycles.